The van der Waals surface area contributed by atoms with E-state index in [4.69, 9.17) is 0 Å². The average molecular weight is 834 g/mol. The number of halogens is 26. The highest BCUT2D eigenvalue weighted by Gasteiger charge is 2.92. The molecule has 0 amide bonds. The number of ether oxygens (including phenoxy) is 2. The fourth-order valence-corrected chi connectivity index (χ4v) is 2.84. The van der Waals surface area contributed by atoms with Gasteiger partial charge in [-0.15, -0.1) is 0 Å². The maximum Gasteiger partial charge on any atom is 0.460 e. The molecule has 4 nitrogen and oxygen atoms in total. The number of allylic oxidation sites excluding steroid dienone is 2. The number of alkyl halides is 26. The third kappa shape index (κ3) is 8.37. The van der Waals surface area contributed by atoms with Crippen LogP contribution in [0.2, 0.25) is 0 Å². The van der Waals surface area contributed by atoms with E-state index in [1.807, 2.05) is 0 Å². The summed E-state index contributed by atoms with van der Waals surface area (Å²) in [6.45, 7) is -4.43. The Morgan fingerprint density at radius 2 is 0.558 bits per heavy atom. The van der Waals surface area contributed by atoms with Gasteiger partial charge in [0.15, 0.2) is 0 Å². The monoisotopic (exact) mass is 834 g/mol. The standard InChI is InChI=1S/C22H12F26O4/c23-11(24,13(27,28)15(31,32)17(35,36)19(39,40)21(43,44)45)5-7-51-9(49)3-1-2-4-10(50)52-8-6-12(25,26)14(29,30)16(33,34)18(37,38)20(41,42)22(46,47)48/h1-4H,5-8H2. The first-order valence-corrected chi connectivity index (χ1v) is 12.1. The molecule has 0 bridgehead atoms. The molecular weight excluding hydrogens is 822 g/mol. The van der Waals surface area contributed by atoms with Gasteiger partial charge in [-0.3, -0.25) is 0 Å². The maximum absolute atomic E-state index is 13.6. The van der Waals surface area contributed by atoms with E-state index >= 15 is 0 Å². The van der Waals surface area contributed by atoms with Crippen LogP contribution in [0.25, 0.3) is 0 Å². The van der Waals surface area contributed by atoms with Gasteiger partial charge in [-0.1, -0.05) is 12.2 Å². The maximum atomic E-state index is 13.6. The van der Waals surface area contributed by atoms with Crippen molar-refractivity contribution in [1.82, 2.24) is 0 Å². The van der Waals surface area contributed by atoms with Crippen LogP contribution >= 0.6 is 0 Å². The van der Waals surface area contributed by atoms with Crippen LogP contribution in [-0.4, -0.2) is 96.7 Å². The SMILES string of the molecule is O=C(C=CC=CC(=O)OCCC(F)(F)C(F)(F)C(F)(F)C(F)(F)C(F)(F)C(F)(F)F)OCCC(F)(F)C(F)(F)C(F)(F)C(F)(F)C(F)(F)C(F)(F)F. The Balaban J connectivity index is 5.38. The summed E-state index contributed by atoms with van der Waals surface area (Å²) in [7, 11) is 0. The van der Waals surface area contributed by atoms with E-state index in [1.54, 1.807) is 0 Å². The van der Waals surface area contributed by atoms with Gasteiger partial charge in [0.2, 0.25) is 0 Å². The number of esters is 2. The normalized spacial score (nSPS) is 15.8. The zero-order chi connectivity index (χ0) is 42.2. The second kappa shape index (κ2) is 14.4. The summed E-state index contributed by atoms with van der Waals surface area (Å²) in [6.07, 6.45) is -21.0. The summed E-state index contributed by atoms with van der Waals surface area (Å²) in [6, 6.07) is 0. The minimum Gasteiger partial charge on any atom is -0.462 e. The number of carbonyl (C=O) groups excluding carboxylic acids is 2. The van der Waals surface area contributed by atoms with Crippen LogP contribution < -0.4 is 0 Å². The van der Waals surface area contributed by atoms with Gasteiger partial charge in [-0.05, 0) is 0 Å². The van der Waals surface area contributed by atoms with Gasteiger partial charge in [-0.2, -0.15) is 114 Å². The molecule has 0 N–H and O–H groups in total. The van der Waals surface area contributed by atoms with Crippen LogP contribution in [0.4, 0.5) is 114 Å². The van der Waals surface area contributed by atoms with E-state index in [1.165, 1.54) is 0 Å². The first kappa shape index (κ1) is 48.6. The van der Waals surface area contributed by atoms with E-state index in [0.717, 1.165) is 0 Å². The highest BCUT2D eigenvalue weighted by Crippen LogP contribution is 2.62. The van der Waals surface area contributed by atoms with Crippen molar-refractivity contribution < 1.29 is 133 Å². The molecule has 0 fully saturated rings. The molecule has 0 aromatic carbocycles. The van der Waals surface area contributed by atoms with E-state index in [9.17, 15) is 124 Å². The van der Waals surface area contributed by atoms with Crippen molar-refractivity contribution in [3.8, 4) is 0 Å². The minimum absolute atomic E-state index is 0.0691. The lowest BCUT2D eigenvalue weighted by Gasteiger charge is -2.39. The van der Waals surface area contributed by atoms with Crippen molar-refractivity contribution in [2.45, 2.75) is 84.4 Å². The molecule has 0 aliphatic heterocycles. The van der Waals surface area contributed by atoms with Crippen molar-refractivity contribution in [2.24, 2.45) is 0 Å². The highest BCUT2D eigenvalue weighted by atomic mass is 19.4. The van der Waals surface area contributed by atoms with Crippen LogP contribution in [0, 0.1) is 0 Å². The van der Waals surface area contributed by atoms with Gasteiger partial charge in [-0.25, -0.2) is 9.59 Å². The first-order valence-electron chi connectivity index (χ1n) is 12.1. The summed E-state index contributed by atoms with van der Waals surface area (Å²) >= 11 is 0. The predicted octanol–water partition coefficient (Wildman–Crippen LogP) is 9.44. The zero-order valence-corrected chi connectivity index (χ0v) is 23.6. The van der Waals surface area contributed by atoms with Crippen molar-refractivity contribution in [1.29, 1.82) is 0 Å². The number of carbonyl (C=O) groups is 2. The Hall–Kier alpha value is -3.40. The van der Waals surface area contributed by atoms with Gasteiger partial charge >= 0.3 is 83.5 Å². The van der Waals surface area contributed by atoms with Crippen molar-refractivity contribution in [3.05, 3.63) is 24.3 Å². The summed E-state index contributed by atoms with van der Waals surface area (Å²) in [5.41, 5.74) is 0. The van der Waals surface area contributed by atoms with Crippen molar-refractivity contribution >= 4 is 11.9 Å². The third-order valence-electron chi connectivity index (χ3n) is 5.89. The third-order valence-corrected chi connectivity index (χ3v) is 5.89. The Kier molecular flexibility index (Phi) is 13.5. The van der Waals surface area contributed by atoms with Crippen LogP contribution in [0.15, 0.2) is 24.3 Å². The molecule has 0 unspecified atom stereocenters. The Morgan fingerprint density at radius 1 is 0.346 bits per heavy atom. The molecule has 306 valence electrons. The van der Waals surface area contributed by atoms with Crippen LogP contribution in [-0.2, 0) is 19.1 Å². The van der Waals surface area contributed by atoms with Gasteiger partial charge < -0.3 is 9.47 Å². The lowest BCUT2D eigenvalue weighted by atomic mass is 9.93. The molecule has 0 heterocycles. The second-order valence-corrected chi connectivity index (χ2v) is 9.55. The molecule has 52 heavy (non-hydrogen) atoms. The summed E-state index contributed by atoms with van der Waals surface area (Å²) in [5, 5.41) is 0. The molecular formula is C22H12F26O4. The molecule has 0 aromatic heterocycles. The fraction of sp³-hybridized carbons (Fsp3) is 0.727. The average Bonchev–Trinajstić information content (AvgIpc) is 2.93. The molecule has 0 radical (unpaired) electrons. The molecule has 0 saturated heterocycles. The Labute approximate surface area is 268 Å². The van der Waals surface area contributed by atoms with E-state index in [0.29, 0.717) is 0 Å². The molecule has 0 spiro atoms. The molecule has 0 rings (SSSR count). The Bertz CT molecular complexity index is 1220. The summed E-state index contributed by atoms with van der Waals surface area (Å²) in [4.78, 5) is 22.6. The quantitative estimate of drug-likeness (QED) is 0.0635. The molecule has 0 aliphatic rings. The number of hydrogen-bond acceptors (Lipinski definition) is 4. The topological polar surface area (TPSA) is 52.6 Å². The Morgan fingerprint density at radius 3 is 0.769 bits per heavy atom. The molecule has 0 saturated carbocycles. The summed E-state index contributed by atoms with van der Waals surface area (Å²) in [5.74, 6) is -81.4. The number of hydrogen-bond donors (Lipinski definition) is 0. The first-order chi connectivity index (χ1) is 22.5. The van der Waals surface area contributed by atoms with Crippen LogP contribution in [0.5, 0.6) is 0 Å². The molecule has 0 atom stereocenters. The van der Waals surface area contributed by atoms with E-state index in [-0.39, 0.29) is 24.3 Å². The second-order valence-electron chi connectivity index (χ2n) is 9.55. The van der Waals surface area contributed by atoms with Gasteiger partial charge in [0, 0.05) is 12.2 Å². The molecule has 0 aromatic rings. The van der Waals surface area contributed by atoms with E-state index < -0.39 is 110 Å². The van der Waals surface area contributed by atoms with E-state index in [2.05, 4.69) is 9.47 Å². The van der Waals surface area contributed by atoms with Crippen molar-refractivity contribution in [2.75, 3.05) is 13.2 Å². The smallest absolute Gasteiger partial charge is 0.460 e. The molecule has 30 heteroatoms. The van der Waals surface area contributed by atoms with Crippen LogP contribution in [0.1, 0.15) is 12.8 Å². The van der Waals surface area contributed by atoms with Crippen molar-refractivity contribution in [3.63, 3.8) is 0 Å². The largest absolute Gasteiger partial charge is 0.462 e. The van der Waals surface area contributed by atoms with Gasteiger partial charge in [0.25, 0.3) is 0 Å². The van der Waals surface area contributed by atoms with Gasteiger partial charge in [0.1, 0.15) is 0 Å². The lowest BCUT2D eigenvalue weighted by Crippen LogP contribution is -2.70. The fourth-order valence-electron chi connectivity index (χ4n) is 2.84. The summed E-state index contributed by atoms with van der Waals surface area (Å²) < 4.78 is 346. The molecule has 0 aliphatic carbocycles. The lowest BCUT2D eigenvalue weighted by molar-refractivity contribution is -0.440. The predicted molar refractivity (Wildman–Crippen MR) is 111 cm³/mol. The zero-order valence-electron chi connectivity index (χ0n) is 23.6. The van der Waals surface area contributed by atoms with Crippen LogP contribution in [0.3, 0.4) is 0 Å². The highest BCUT2D eigenvalue weighted by molar-refractivity contribution is 5.84. The minimum atomic E-state index is -8.20. The van der Waals surface area contributed by atoms with Gasteiger partial charge in [0.05, 0.1) is 26.1 Å². The number of rotatable bonds is 17.